The van der Waals surface area contributed by atoms with E-state index in [0.29, 0.717) is 5.82 Å². The first-order valence-corrected chi connectivity index (χ1v) is 3.68. The maximum Gasteiger partial charge on any atom is 0.268 e. The maximum atomic E-state index is 10.7. The molecule has 1 amide bonds. The van der Waals surface area contributed by atoms with E-state index in [0.717, 1.165) is 0 Å². The average molecular weight is 182 g/mol. The normalized spacial score (nSPS) is 12.5. The highest BCUT2D eigenvalue weighted by atomic mass is 16.1. The smallest absolute Gasteiger partial charge is 0.268 e. The van der Waals surface area contributed by atoms with Gasteiger partial charge in [-0.15, -0.1) is 0 Å². The molecular weight excluding hydrogens is 168 g/mol. The van der Waals surface area contributed by atoms with Crippen molar-refractivity contribution in [2.45, 2.75) is 6.92 Å². The van der Waals surface area contributed by atoms with Gasteiger partial charge in [0.05, 0.1) is 0 Å². The monoisotopic (exact) mass is 182 g/mol. The highest BCUT2D eigenvalue weighted by Crippen LogP contribution is 2.05. The summed E-state index contributed by atoms with van der Waals surface area (Å²) in [7, 11) is 1.67. The number of hydrogen-bond acceptors (Lipinski definition) is 4. The molecule has 5 heteroatoms. The maximum absolute atomic E-state index is 10.7. The van der Waals surface area contributed by atoms with E-state index in [1.807, 2.05) is 0 Å². The number of carbonyl (C=O) groups is 1. The summed E-state index contributed by atoms with van der Waals surface area (Å²) in [6.07, 6.45) is 3.00. The molecule has 0 unspecified atom stereocenters. The average Bonchev–Trinajstić information content (AvgIpc) is 2.11. The van der Waals surface area contributed by atoms with Crippen LogP contribution in [0, 0.1) is 0 Å². The van der Waals surface area contributed by atoms with Gasteiger partial charge in [0.15, 0.2) is 5.82 Å². The topological polar surface area (TPSA) is 84.7 Å². The number of amides is 1. The standard InChI is InChI=1S/C8H14N4O/c1-4-11-8(12(3)5-2)6(9)7(10)13/h4-5H,2,9H2,1,3H3,(H2,10,13)/b8-6-,11-4-. The number of rotatable bonds is 4. The molecular formula is C8H14N4O. The van der Waals surface area contributed by atoms with E-state index >= 15 is 0 Å². The molecule has 0 saturated carbocycles. The zero-order valence-electron chi connectivity index (χ0n) is 7.82. The molecule has 0 bridgehead atoms. The van der Waals surface area contributed by atoms with Crippen LogP contribution in [0.3, 0.4) is 0 Å². The first kappa shape index (κ1) is 11.2. The Kier molecular flexibility index (Phi) is 4.29. The van der Waals surface area contributed by atoms with Gasteiger partial charge in [0.2, 0.25) is 0 Å². The van der Waals surface area contributed by atoms with Crippen molar-refractivity contribution in [1.29, 1.82) is 0 Å². The molecule has 0 atom stereocenters. The number of hydrogen-bond donors (Lipinski definition) is 2. The molecule has 13 heavy (non-hydrogen) atoms. The van der Waals surface area contributed by atoms with Crippen molar-refractivity contribution in [3.8, 4) is 0 Å². The molecule has 5 nitrogen and oxygen atoms in total. The first-order valence-electron chi connectivity index (χ1n) is 3.68. The Bertz CT molecular complexity index is 267. The van der Waals surface area contributed by atoms with Crippen LogP contribution >= 0.6 is 0 Å². The number of primary amides is 1. The summed E-state index contributed by atoms with van der Waals surface area (Å²) in [5, 5.41) is 0. The molecule has 0 aliphatic heterocycles. The predicted octanol–water partition coefficient (Wildman–Crippen LogP) is -0.234. The van der Waals surface area contributed by atoms with E-state index in [1.54, 1.807) is 14.0 Å². The van der Waals surface area contributed by atoms with Crippen molar-refractivity contribution in [2.24, 2.45) is 16.5 Å². The predicted molar refractivity (Wildman–Crippen MR) is 52.5 cm³/mol. The third-order valence-corrected chi connectivity index (χ3v) is 1.37. The van der Waals surface area contributed by atoms with E-state index < -0.39 is 5.91 Å². The minimum absolute atomic E-state index is 0.0829. The minimum atomic E-state index is -0.700. The number of nitrogens with two attached hydrogens (primary N) is 2. The van der Waals surface area contributed by atoms with Crippen LogP contribution in [0.15, 0.2) is 29.3 Å². The fourth-order valence-corrected chi connectivity index (χ4v) is 0.670. The van der Waals surface area contributed by atoms with E-state index in [-0.39, 0.29) is 5.70 Å². The van der Waals surface area contributed by atoms with Crippen LogP contribution in [0.25, 0.3) is 0 Å². The molecule has 0 saturated heterocycles. The van der Waals surface area contributed by atoms with Crippen LogP contribution in [0.2, 0.25) is 0 Å². The van der Waals surface area contributed by atoms with Gasteiger partial charge in [-0.3, -0.25) is 4.79 Å². The van der Waals surface area contributed by atoms with Crippen LogP contribution in [0.5, 0.6) is 0 Å². The lowest BCUT2D eigenvalue weighted by Crippen LogP contribution is -2.26. The summed E-state index contributed by atoms with van der Waals surface area (Å²) < 4.78 is 0. The zero-order chi connectivity index (χ0) is 10.4. The SMILES string of the molecule is C=CN(C)C(/N=C\C)=C(\N)C(N)=O. The minimum Gasteiger partial charge on any atom is -0.391 e. The van der Waals surface area contributed by atoms with Gasteiger partial charge in [-0.1, -0.05) is 6.58 Å². The van der Waals surface area contributed by atoms with Gasteiger partial charge < -0.3 is 16.4 Å². The largest absolute Gasteiger partial charge is 0.391 e. The highest BCUT2D eigenvalue weighted by Gasteiger charge is 2.09. The van der Waals surface area contributed by atoms with Crippen molar-refractivity contribution < 1.29 is 4.79 Å². The van der Waals surface area contributed by atoms with Crippen LogP contribution < -0.4 is 11.5 Å². The first-order chi connectivity index (χ1) is 6.04. The summed E-state index contributed by atoms with van der Waals surface area (Å²) >= 11 is 0. The lowest BCUT2D eigenvalue weighted by molar-refractivity contribution is -0.114. The number of aliphatic imine (C=N–C) groups is 1. The van der Waals surface area contributed by atoms with E-state index in [1.165, 1.54) is 17.3 Å². The van der Waals surface area contributed by atoms with Gasteiger partial charge in [-0.05, 0) is 13.1 Å². The molecule has 0 aromatic rings. The molecule has 0 heterocycles. The fraction of sp³-hybridized carbons (Fsp3) is 0.250. The highest BCUT2D eigenvalue weighted by molar-refractivity contribution is 5.91. The van der Waals surface area contributed by atoms with Crippen LogP contribution in [-0.2, 0) is 4.79 Å². The number of carbonyl (C=O) groups excluding carboxylic acids is 1. The van der Waals surface area contributed by atoms with Crippen molar-refractivity contribution >= 4 is 12.1 Å². The molecule has 0 spiro atoms. The lowest BCUT2D eigenvalue weighted by Gasteiger charge is -2.14. The molecule has 0 radical (unpaired) electrons. The molecule has 0 aromatic carbocycles. The van der Waals surface area contributed by atoms with Gasteiger partial charge in [-0.2, -0.15) is 0 Å². The van der Waals surface area contributed by atoms with E-state index in [2.05, 4.69) is 11.6 Å². The second kappa shape index (κ2) is 4.97. The van der Waals surface area contributed by atoms with Gasteiger partial charge in [-0.25, -0.2) is 4.99 Å². The van der Waals surface area contributed by atoms with Gasteiger partial charge >= 0.3 is 0 Å². The Morgan fingerprint density at radius 3 is 2.38 bits per heavy atom. The second-order valence-corrected chi connectivity index (χ2v) is 2.28. The molecule has 0 aliphatic carbocycles. The Morgan fingerprint density at radius 2 is 2.08 bits per heavy atom. The van der Waals surface area contributed by atoms with E-state index in [4.69, 9.17) is 11.5 Å². The Morgan fingerprint density at radius 1 is 1.54 bits per heavy atom. The molecule has 72 valence electrons. The van der Waals surface area contributed by atoms with Crippen molar-refractivity contribution in [3.05, 3.63) is 24.3 Å². The Balaban J connectivity index is 5.10. The third kappa shape index (κ3) is 2.98. The zero-order valence-corrected chi connectivity index (χ0v) is 7.82. The van der Waals surface area contributed by atoms with Crippen molar-refractivity contribution in [3.63, 3.8) is 0 Å². The Labute approximate surface area is 77.4 Å². The molecule has 0 aromatic heterocycles. The summed E-state index contributed by atoms with van der Waals surface area (Å²) in [5.74, 6) is -0.403. The lowest BCUT2D eigenvalue weighted by atomic mass is 10.4. The van der Waals surface area contributed by atoms with Crippen LogP contribution in [-0.4, -0.2) is 24.1 Å². The van der Waals surface area contributed by atoms with Crippen LogP contribution in [0.1, 0.15) is 6.92 Å². The van der Waals surface area contributed by atoms with Gasteiger partial charge in [0.1, 0.15) is 5.70 Å². The van der Waals surface area contributed by atoms with Gasteiger partial charge in [0.25, 0.3) is 5.91 Å². The summed E-state index contributed by atoms with van der Waals surface area (Å²) in [4.78, 5) is 16.2. The molecule has 0 rings (SSSR count). The van der Waals surface area contributed by atoms with E-state index in [9.17, 15) is 4.79 Å². The number of nitrogens with zero attached hydrogens (tertiary/aromatic N) is 2. The molecule has 0 fully saturated rings. The van der Waals surface area contributed by atoms with Crippen LogP contribution in [0.4, 0.5) is 0 Å². The fourth-order valence-electron chi connectivity index (χ4n) is 0.670. The molecule has 4 N–H and O–H groups in total. The van der Waals surface area contributed by atoms with Crippen molar-refractivity contribution in [1.82, 2.24) is 4.90 Å². The van der Waals surface area contributed by atoms with Gasteiger partial charge in [0, 0.05) is 13.3 Å². The molecule has 0 aliphatic rings. The summed E-state index contributed by atoms with van der Waals surface area (Å²) in [5.41, 5.74) is 10.3. The quantitative estimate of drug-likeness (QED) is 0.465. The second-order valence-electron chi connectivity index (χ2n) is 2.28. The summed E-state index contributed by atoms with van der Waals surface area (Å²) in [6.45, 7) is 5.23. The third-order valence-electron chi connectivity index (χ3n) is 1.37. The Hall–Kier alpha value is -1.78. The van der Waals surface area contributed by atoms with Crippen molar-refractivity contribution in [2.75, 3.05) is 7.05 Å². The summed E-state index contributed by atoms with van der Waals surface area (Å²) in [6, 6.07) is 0.